The Bertz CT molecular complexity index is 173. The Morgan fingerprint density at radius 1 is 0.524 bits per heavy atom. The summed E-state index contributed by atoms with van der Waals surface area (Å²) in [6.07, 6.45) is 23.6. The van der Waals surface area contributed by atoms with Crippen LogP contribution in [0.25, 0.3) is 0 Å². The fourth-order valence-electron chi connectivity index (χ4n) is 3.19. The van der Waals surface area contributed by atoms with Crippen LogP contribution in [0.1, 0.15) is 116 Å². The van der Waals surface area contributed by atoms with Gasteiger partial charge in [-0.2, -0.15) is 0 Å². The Labute approximate surface area is 136 Å². The third-order valence-corrected chi connectivity index (χ3v) is 4.80. The van der Waals surface area contributed by atoms with E-state index in [-0.39, 0.29) is 0 Å². The summed E-state index contributed by atoms with van der Waals surface area (Å²) < 4.78 is 0. The molecular weight excluding hydrogens is 252 g/mol. The van der Waals surface area contributed by atoms with Gasteiger partial charge in [-0.3, -0.25) is 0 Å². The fraction of sp³-hybridized carbons (Fsp3) is 0.905. The van der Waals surface area contributed by atoms with Gasteiger partial charge in [0.1, 0.15) is 0 Å². The molecule has 0 aromatic carbocycles. The van der Waals surface area contributed by atoms with E-state index >= 15 is 0 Å². The quantitative estimate of drug-likeness (QED) is 0.239. The van der Waals surface area contributed by atoms with E-state index in [1.165, 1.54) is 96.3 Å². The third kappa shape index (κ3) is 16.2. The zero-order chi connectivity index (χ0) is 15.6. The maximum Gasteiger partial charge on any atom is -0.0417 e. The second kappa shape index (κ2) is 18.1. The van der Waals surface area contributed by atoms with Gasteiger partial charge < -0.3 is 0 Å². The van der Waals surface area contributed by atoms with Crippen molar-refractivity contribution in [2.75, 3.05) is 0 Å². The summed E-state index contributed by atoms with van der Waals surface area (Å²) in [5.74, 6) is 1.00. The SMILES string of the molecule is [CH2]CCCCCCCCCC(CC)CCCCCCC[CH2]. The van der Waals surface area contributed by atoms with Crippen LogP contribution in [0.4, 0.5) is 0 Å². The van der Waals surface area contributed by atoms with E-state index in [1.807, 2.05) is 0 Å². The second-order valence-corrected chi connectivity index (χ2v) is 6.80. The van der Waals surface area contributed by atoms with Gasteiger partial charge in [0.25, 0.3) is 0 Å². The average molecular weight is 295 g/mol. The standard InChI is InChI=1S/C21H42/c1-4-7-9-11-13-14-16-18-20-21(6-3)19-17-15-12-10-8-5-2/h21H,1-2,4-20H2,3H3. The van der Waals surface area contributed by atoms with Crippen LogP contribution in [0.5, 0.6) is 0 Å². The van der Waals surface area contributed by atoms with Crippen LogP contribution in [-0.4, -0.2) is 0 Å². The average Bonchev–Trinajstić information content (AvgIpc) is 2.51. The summed E-state index contributed by atoms with van der Waals surface area (Å²) in [4.78, 5) is 0. The highest BCUT2D eigenvalue weighted by atomic mass is 14.1. The highest BCUT2D eigenvalue weighted by molar-refractivity contribution is 4.59. The van der Waals surface area contributed by atoms with E-state index in [1.54, 1.807) is 0 Å². The van der Waals surface area contributed by atoms with E-state index in [0.717, 1.165) is 18.8 Å². The van der Waals surface area contributed by atoms with Crippen LogP contribution in [-0.2, 0) is 0 Å². The molecule has 21 heavy (non-hydrogen) atoms. The lowest BCUT2D eigenvalue weighted by Crippen LogP contribution is -1.99. The molecule has 0 fully saturated rings. The topological polar surface area (TPSA) is 0 Å². The molecule has 0 aromatic heterocycles. The van der Waals surface area contributed by atoms with E-state index in [2.05, 4.69) is 20.8 Å². The Balaban J connectivity index is 3.28. The van der Waals surface area contributed by atoms with Gasteiger partial charge >= 0.3 is 0 Å². The van der Waals surface area contributed by atoms with E-state index in [0.29, 0.717) is 0 Å². The summed E-state index contributed by atoms with van der Waals surface area (Å²) in [5, 5.41) is 0. The molecule has 0 aromatic rings. The van der Waals surface area contributed by atoms with Gasteiger partial charge in [-0.25, -0.2) is 0 Å². The van der Waals surface area contributed by atoms with E-state index in [4.69, 9.17) is 0 Å². The molecule has 0 saturated carbocycles. The molecule has 0 saturated heterocycles. The summed E-state index contributed by atoms with van der Waals surface area (Å²) in [6.45, 7) is 10.2. The van der Waals surface area contributed by atoms with Gasteiger partial charge in [0, 0.05) is 0 Å². The molecule has 0 bridgehead atoms. The predicted octanol–water partition coefficient (Wildman–Crippen LogP) is 7.92. The van der Waals surface area contributed by atoms with Crippen molar-refractivity contribution in [1.29, 1.82) is 0 Å². The normalized spacial score (nSPS) is 12.7. The summed E-state index contributed by atoms with van der Waals surface area (Å²) in [5.41, 5.74) is 0. The Morgan fingerprint density at radius 3 is 1.19 bits per heavy atom. The lowest BCUT2D eigenvalue weighted by molar-refractivity contribution is 0.392. The molecule has 0 rings (SSSR count). The Morgan fingerprint density at radius 2 is 0.857 bits per heavy atom. The molecule has 0 spiro atoms. The van der Waals surface area contributed by atoms with Crippen molar-refractivity contribution in [2.24, 2.45) is 5.92 Å². The number of unbranched alkanes of at least 4 members (excludes halogenated alkanes) is 12. The monoisotopic (exact) mass is 294 g/mol. The first-order valence-corrected chi connectivity index (χ1v) is 9.93. The highest BCUT2D eigenvalue weighted by Gasteiger charge is 2.05. The van der Waals surface area contributed by atoms with Crippen LogP contribution >= 0.6 is 0 Å². The molecule has 126 valence electrons. The van der Waals surface area contributed by atoms with Gasteiger partial charge in [0.05, 0.1) is 0 Å². The van der Waals surface area contributed by atoms with Crippen LogP contribution in [0.3, 0.4) is 0 Å². The molecule has 0 nitrogen and oxygen atoms in total. The van der Waals surface area contributed by atoms with Crippen molar-refractivity contribution < 1.29 is 0 Å². The molecule has 0 N–H and O–H groups in total. The highest BCUT2D eigenvalue weighted by Crippen LogP contribution is 2.21. The lowest BCUT2D eigenvalue weighted by atomic mass is 9.92. The molecule has 0 aliphatic rings. The van der Waals surface area contributed by atoms with Gasteiger partial charge in [0.15, 0.2) is 0 Å². The van der Waals surface area contributed by atoms with Crippen molar-refractivity contribution in [3.63, 3.8) is 0 Å². The zero-order valence-electron chi connectivity index (χ0n) is 15.0. The zero-order valence-corrected chi connectivity index (χ0v) is 15.0. The van der Waals surface area contributed by atoms with Crippen molar-refractivity contribution in [2.45, 2.75) is 116 Å². The van der Waals surface area contributed by atoms with Gasteiger partial charge in [0.2, 0.25) is 0 Å². The summed E-state index contributed by atoms with van der Waals surface area (Å²) in [7, 11) is 0. The molecule has 0 aliphatic heterocycles. The molecule has 0 heterocycles. The first-order chi connectivity index (χ1) is 10.3. The number of hydrogen-bond acceptors (Lipinski definition) is 0. The predicted molar refractivity (Wildman–Crippen MR) is 98.4 cm³/mol. The second-order valence-electron chi connectivity index (χ2n) is 6.80. The Kier molecular flexibility index (Phi) is 18.1. The molecular formula is C21H42. The lowest BCUT2D eigenvalue weighted by Gasteiger charge is -2.14. The first-order valence-electron chi connectivity index (χ1n) is 9.93. The minimum Gasteiger partial charge on any atom is -0.0651 e. The van der Waals surface area contributed by atoms with Gasteiger partial charge in [-0.05, 0) is 5.92 Å². The number of hydrogen-bond donors (Lipinski definition) is 0. The van der Waals surface area contributed by atoms with Crippen LogP contribution in [0, 0.1) is 19.8 Å². The largest absolute Gasteiger partial charge is 0.0651 e. The molecule has 2 radical (unpaired) electrons. The fourth-order valence-corrected chi connectivity index (χ4v) is 3.19. The number of rotatable bonds is 17. The van der Waals surface area contributed by atoms with Gasteiger partial charge in [-0.15, -0.1) is 0 Å². The maximum atomic E-state index is 3.91. The van der Waals surface area contributed by atoms with Crippen molar-refractivity contribution >= 4 is 0 Å². The maximum absolute atomic E-state index is 3.91. The molecule has 1 unspecified atom stereocenters. The molecule has 0 heteroatoms. The van der Waals surface area contributed by atoms with Crippen LogP contribution < -0.4 is 0 Å². The molecule has 0 aliphatic carbocycles. The first kappa shape index (κ1) is 21.0. The molecule has 0 amide bonds. The van der Waals surface area contributed by atoms with Crippen molar-refractivity contribution in [3.05, 3.63) is 13.8 Å². The third-order valence-electron chi connectivity index (χ3n) is 4.80. The summed E-state index contributed by atoms with van der Waals surface area (Å²) >= 11 is 0. The van der Waals surface area contributed by atoms with Crippen LogP contribution in [0.15, 0.2) is 0 Å². The smallest absolute Gasteiger partial charge is 0.0417 e. The van der Waals surface area contributed by atoms with E-state index in [9.17, 15) is 0 Å². The Hall–Kier alpha value is 0. The minimum absolute atomic E-state index is 1.00. The summed E-state index contributed by atoms with van der Waals surface area (Å²) in [6, 6.07) is 0. The van der Waals surface area contributed by atoms with E-state index < -0.39 is 0 Å². The molecule has 1 atom stereocenters. The van der Waals surface area contributed by atoms with Crippen LogP contribution in [0.2, 0.25) is 0 Å². The van der Waals surface area contributed by atoms with Crippen molar-refractivity contribution in [3.8, 4) is 0 Å². The van der Waals surface area contributed by atoms with Gasteiger partial charge in [-0.1, -0.05) is 130 Å². The minimum atomic E-state index is 1.00. The van der Waals surface area contributed by atoms with Crippen molar-refractivity contribution in [1.82, 2.24) is 0 Å².